The van der Waals surface area contributed by atoms with E-state index in [4.69, 9.17) is 14.2 Å². The largest absolute Gasteiger partial charge is 0.507 e. The highest BCUT2D eigenvalue weighted by Crippen LogP contribution is 2.42. The fraction of sp³-hybridized carbons (Fsp3) is 0.429. The molecule has 8 nitrogen and oxygen atoms in total. The molecule has 8 heteroatoms. The lowest BCUT2D eigenvalue weighted by atomic mass is 9.95. The molecule has 1 amide bonds. The quantitative estimate of drug-likeness (QED) is 0.283. The zero-order valence-corrected chi connectivity index (χ0v) is 21.9. The van der Waals surface area contributed by atoms with E-state index in [2.05, 4.69) is 0 Å². The van der Waals surface area contributed by atoms with Crippen LogP contribution in [0.4, 0.5) is 0 Å². The van der Waals surface area contributed by atoms with Gasteiger partial charge in [0.05, 0.1) is 30.9 Å². The fourth-order valence-electron chi connectivity index (χ4n) is 4.12. The van der Waals surface area contributed by atoms with Crippen molar-refractivity contribution in [3.05, 3.63) is 59.2 Å². The molecule has 2 aromatic rings. The summed E-state index contributed by atoms with van der Waals surface area (Å²) in [6.45, 7) is 9.38. The van der Waals surface area contributed by atoms with Crippen LogP contribution in [0.15, 0.2) is 48.0 Å². The van der Waals surface area contributed by atoms with Crippen molar-refractivity contribution in [2.45, 2.75) is 39.8 Å². The Morgan fingerprint density at radius 3 is 2.22 bits per heavy atom. The topological polar surface area (TPSA) is 88.5 Å². The van der Waals surface area contributed by atoms with Crippen molar-refractivity contribution in [3.8, 4) is 17.2 Å². The van der Waals surface area contributed by atoms with Gasteiger partial charge in [-0.1, -0.05) is 6.07 Å². The molecule has 2 aromatic carbocycles. The number of rotatable bonds is 11. The first-order valence-corrected chi connectivity index (χ1v) is 12.3. The van der Waals surface area contributed by atoms with Crippen LogP contribution in [0.1, 0.15) is 44.9 Å². The first-order chi connectivity index (χ1) is 17.2. The first kappa shape index (κ1) is 27.1. The molecule has 1 atom stereocenters. The minimum Gasteiger partial charge on any atom is -0.507 e. The molecular formula is C28H36N2O6. The number of aliphatic hydroxyl groups is 1. The third kappa shape index (κ3) is 5.99. The van der Waals surface area contributed by atoms with Crippen molar-refractivity contribution in [2.75, 3.05) is 40.4 Å². The van der Waals surface area contributed by atoms with Crippen LogP contribution in [0.3, 0.4) is 0 Å². The fourth-order valence-corrected chi connectivity index (χ4v) is 4.12. The highest BCUT2D eigenvalue weighted by Gasteiger charge is 2.46. The molecule has 1 aliphatic heterocycles. The van der Waals surface area contributed by atoms with Crippen molar-refractivity contribution in [3.63, 3.8) is 0 Å². The molecule has 194 valence electrons. The van der Waals surface area contributed by atoms with Gasteiger partial charge in [0.25, 0.3) is 11.7 Å². The Morgan fingerprint density at radius 2 is 1.64 bits per heavy atom. The van der Waals surface area contributed by atoms with E-state index in [0.29, 0.717) is 54.7 Å². The summed E-state index contributed by atoms with van der Waals surface area (Å²) < 4.78 is 17.2. The maximum Gasteiger partial charge on any atom is 0.295 e. The average Bonchev–Trinajstić information content (AvgIpc) is 3.08. The number of nitrogens with zero attached hydrogens (tertiary/aromatic N) is 2. The van der Waals surface area contributed by atoms with E-state index in [1.165, 1.54) is 4.90 Å². The Balaban J connectivity index is 2.13. The van der Waals surface area contributed by atoms with Crippen molar-refractivity contribution in [2.24, 2.45) is 0 Å². The van der Waals surface area contributed by atoms with Gasteiger partial charge in [0.1, 0.15) is 11.5 Å². The number of carbonyl (C=O) groups is 2. The standard InChI is InChI=1S/C28H36N2O6/c1-7-34-22-14-11-20(17-23(22)35-8-2)25-24(27(32)28(33)30(25)16-15-29(5)6)26(31)19-9-12-21(13-10-19)36-18(3)4/h9-14,17-18,25,31H,7-8,15-16H2,1-6H3/b26-24-. The number of Topliss-reactive ketones (excluding diaryl/α,β-unsaturated/α-hetero) is 1. The number of benzene rings is 2. The number of likely N-dealkylation sites (N-methyl/N-ethyl adjacent to an activating group) is 1. The van der Waals surface area contributed by atoms with Crippen molar-refractivity contribution < 1.29 is 28.9 Å². The normalized spacial score (nSPS) is 17.2. The Bertz CT molecular complexity index is 1110. The summed E-state index contributed by atoms with van der Waals surface area (Å²) in [5.74, 6) is 0.158. The van der Waals surface area contributed by atoms with Crippen LogP contribution in [-0.2, 0) is 9.59 Å². The van der Waals surface area contributed by atoms with E-state index in [1.807, 2.05) is 46.7 Å². The van der Waals surface area contributed by atoms with E-state index in [9.17, 15) is 14.7 Å². The second-order valence-electron chi connectivity index (χ2n) is 9.06. The molecule has 0 aromatic heterocycles. The number of hydrogen-bond donors (Lipinski definition) is 1. The maximum atomic E-state index is 13.2. The van der Waals surface area contributed by atoms with E-state index in [-0.39, 0.29) is 17.4 Å². The van der Waals surface area contributed by atoms with E-state index < -0.39 is 17.7 Å². The van der Waals surface area contributed by atoms with Crippen LogP contribution in [-0.4, -0.2) is 73.1 Å². The van der Waals surface area contributed by atoms with Gasteiger partial charge in [-0.2, -0.15) is 0 Å². The Labute approximate surface area is 213 Å². The molecule has 1 unspecified atom stereocenters. The number of carbonyl (C=O) groups excluding carboxylic acids is 2. The average molecular weight is 497 g/mol. The van der Waals surface area contributed by atoms with Gasteiger partial charge in [-0.05, 0) is 83.8 Å². The van der Waals surface area contributed by atoms with E-state index >= 15 is 0 Å². The molecule has 0 bridgehead atoms. The number of ether oxygens (including phenoxy) is 3. The molecule has 0 radical (unpaired) electrons. The SMILES string of the molecule is CCOc1ccc(C2/C(=C(/O)c3ccc(OC(C)C)cc3)C(=O)C(=O)N2CCN(C)C)cc1OCC. The van der Waals surface area contributed by atoms with Crippen LogP contribution in [0, 0.1) is 0 Å². The second kappa shape index (κ2) is 11.9. The van der Waals surface area contributed by atoms with Gasteiger partial charge in [0.15, 0.2) is 11.5 Å². The zero-order valence-electron chi connectivity index (χ0n) is 21.9. The lowest BCUT2D eigenvalue weighted by Crippen LogP contribution is -2.35. The van der Waals surface area contributed by atoms with Gasteiger partial charge in [-0.3, -0.25) is 9.59 Å². The summed E-state index contributed by atoms with van der Waals surface area (Å²) in [6.07, 6.45) is 0.00524. The number of hydrogen-bond acceptors (Lipinski definition) is 7. The monoisotopic (exact) mass is 496 g/mol. The van der Waals surface area contributed by atoms with Crippen LogP contribution in [0.2, 0.25) is 0 Å². The third-order valence-electron chi connectivity index (χ3n) is 5.71. The van der Waals surface area contributed by atoms with Crippen molar-refractivity contribution in [1.29, 1.82) is 0 Å². The van der Waals surface area contributed by atoms with Gasteiger partial charge in [0, 0.05) is 18.7 Å². The Hall–Kier alpha value is -3.52. The van der Waals surface area contributed by atoms with Gasteiger partial charge in [0.2, 0.25) is 0 Å². The minimum absolute atomic E-state index is 0.00524. The molecular weight excluding hydrogens is 460 g/mol. The number of amides is 1. The van der Waals surface area contributed by atoms with E-state index in [0.717, 1.165) is 0 Å². The lowest BCUT2D eigenvalue weighted by molar-refractivity contribution is -0.140. The molecule has 0 spiro atoms. The summed E-state index contributed by atoms with van der Waals surface area (Å²) in [7, 11) is 3.80. The molecule has 3 rings (SSSR count). The smallest absolute Gasteiger partial charge is 0.295 e. The van der Waals surface area contributed by atoms with Crippen LogP contribution < -0.4 is 14.2 Å². The van der Waals surface area contributed by atoms with Gasteiger partial charge in [-0.25, -0.2) is 0 Å². The number of likely N-dealkylation sites (tertiary alicyclic amines) is 1. The molecule has 0 saturated carbocycles. The number of aliphatic hydroxyl groups excluding tert-OH is 1. The van der Waals surface area contributed by atoms with Gasteiger partial charge in [-0.15, -0.1) is 0 Å². The summed E-state index contributed by atoms with van der Waals surface area (Å²) in [5, 5.41) is 11.3. The molecule has 1 aliphatic rings. The molecule has 0 aliphatic carbocycles. The van der Waals surface area contributed by atoms with Crippen molar-refractivity contribution in [1.82, 2.24) is 9.80 Å². The summed E-state index contributed by atoms with van der Waals surface area (Å²) in [5.41, 5.74) is 1.13. The molecule has 1 heterocycles. The Kier molecular flexibility index (Phi) is 8.98. The summed E-state index contributed by atoms with van der Waals surface area (Å²) >= 11 is 0. The highest BCUT2D eigenvalue weighted by molar-refractivity contribution is 6.46. The molecule has 36 heavy (non-hydrogen) atoms. The second-order valence-corrected chi connectivity index (χ2v) is 9.06. The van der Waals surface area contributed by atoms with Crippen molar-refractivity contribution >= 4 is 17.4 Å². The minimum atomic E-state index is -0.772. The molecule has 1 fully saturated rings. The van der Waals surface area contributed by atoms with Crippen LogP contribution in [0.5, 0.6) is 17.2 Å². The Morgan fingerprint density at radius 1 is 1.00 bits per heavy atom. The molecule has 1 saturated heterocycles. The first-order valence-electron chi connectivity index (χ1n) is 12.3. The van der Waals surface area contributed by atoms with E-state index in [1.54, 1.807) is 42.5 Å². The highest BCUT2D eigenvalue weighted by atomic mass is 16.5. The number of ketones is 1. The van der Waals surface area contributed by atoms with Crippen LogP contribution in [0.25, 0.3) is 5.76 Å². The predicted molar refractivity (Wildman–Crippen MR) is 139 cm³/mol. The van der Waals surface area contributed by atoms with Gasteiger partial charge >= 0.3 is 0 Å². The van der Waals surface area contributed by atoms with Crippen LogP contribution >= 0.6 is 0 Å². The lowest BCUT2D eigenvalue weighted by Gasteiger charge is -2.27. The maximum absolute atomic E-state index is 13.2. The molecule has 1 N–H and O–H groups in total. The summed E-state index contributed by atoms with van der Waals surface area (Å²) in [4.78, 5) is 29.8. The summed E-state index contributed by atoms with van der Waals surface area (Å²) in [6, 6.07) is 11.4. The third-order valence-corrected chi connectivity index (χ3v) is 5.71. The predicted octanol–water partition coefficient (Wildman–Crippen LogP) is 4.25. The van der Waals surface area contributed by atoms with Gasteiger partial charge < -0.3 is 29.1 Å². The zero-order chi connectivity index (χ0) is 26.4.